The Kier molecular flexibility index (Phi) is 2.54. The summed E-state index contributed by atoms with van der Waals surface area (Å²) in [5, 5.41) is 17.4. The molecule has 2 aromatic carbocycles. The first-order valence-corrected chi connectivity index (χ1v) is 6.88. The molecule has 0 radical (unpaired) electrons. The van der Waals surface area contributed by atoms with Gasteiger partial charge in [0.05, 0.1) is 17.1 Å². The van der Waals surface area contributed by atoms with Crippen LogP contribution in [0.15, 0.2) is 48.5 Å². The van der Waals surface area contributed by atoms with Crippen molar-refractivity contribution in [3.8, 4) is 0 Å². The van der Waals surface area contributed by atoms with Crippen LogP contribution < -0.4 is 0 Å². The molecule has 0 amide bonds. The molecule has 104 valence electrons. The van der Waals surface area contributed by atoms with Gasteiger partial charge in [-0.3, -0.25) is 0 Å². The van der Waals surface area contributed by atoms with Crippen molar-refractivity contribution in [3.05, 3.63) is 59.7 Å². The molecule has 3 aromatic rings. The number of fused-ring (bicyclic) bond motifs is 1. The van der Waals surface area contributed by atoms with E-state index in [0.29, 0.717) is 11.4 Å². The quantitative estimate of drug-likeness (QED) is 0.800. The molecule has 0 saturated heterocycles. The first-order chi connectivity index (χ1) is 10.3. The summed E-state index contributed by atoms with van der Waals surface area (Å²) in [5.74, 6) is -0.535. The maximum absolute atomic E-state index is 11.2. The first kappa shape index (κ1) is 12.1. The molecule has 2 unspecified atom stereocenters. The van der Waals surface area contributed by atoms with Crippen molar-refractivity contribution in [2.75, 3.05) is 0 Å². The molecule has 5 nitrogen and oxygen atoms in total. The molecule has 1 aromatic heterocycles. The summed E-state index contributed by atoms with van der Waals surface area (Å²) >= 11 is 0. The van der Waals surface area contributed by atoms with E-state index >= 15 is 0 Å². The molecule has 1 N–H and O–H groups in total. The largest absolute Gasteiger partial charge is 0.478 e. The number of aromatic carboxylic acids is 1. The van der Waals surface area contributed by atoms with Crippen molar-refractivity contribution in [2.24, 2.45) is 0 Å². The average Bonchev–Trinajstić information content (AvgIpc) is 3.19. The minimum atomic E-state index is -0.969. The lowest BCUT2D eigenvalue weighted by molar-refractivity contribution is 0.0699. The van der Waals surface area contributed by atoms with Crippen LogP contribution in [0.1, 0.15) is 34.3 Å². The Morgan fingerprint density at radius 3 is 2.71 bits per heavy atom. The summed E-state index contributed by atoms with van der Waals surface area (Å²) in [6.45, 7) is 0. The van der Waals surface area contributed by atoms with E-state index in [1.807, 2.05) is 28.9 Å². The zero-order valence-corrected chi connectivity index (χ0v) is 11.2. The molecule has 21 heavy (non-hydrogen) atoms. The van der Waals surface area contributed by atoms with Gasteiger partial charge < -0.3 is 5.11 Å². The number of hydrogen-bond donors (Lipinski definition) is 1. The number of carbonyl (C=O) groups is 1. The minimum absolute atomic E-state index is 0.204. The van der Waals surface area contributed by atoms with Gasteiger partial charge in [0.15, 0.2) is 0 Å². The summed E-state index contributed by atoms with van der Waals surface area (Å²) < 4.78 is 1.86. The molecular formula is C16H13N3O2. The zero-order chi connectivity index (χ0) is 14.4. The topological polar surface area (TPSA) is 68.0 Å². The van der Waals surface area contributed by atoms with Gasteiger partial charge in [0.1, 0.15) is 5.52 Å². The SMILES string of the molecule is O=C(O)c1cccc2c1nnn2C1CC1c1ccccc1. The Labute approximate surface area is 120 Å². The van der Waals surface area contributed by atoms with Crippen LogP contribution in [0.5, 0.6) is 0 Å². The smallest absolute Gasteiger partial charge is 0.338 e. The number of carboxylic acids is 1. The van der Waals surface area contributed by atoms with E-state index in [2.05, 4.69) is 22.4 Å². The fourth-order valence-corrected chi connectivity index (χ4v) is 2.89. The normalized spacial score (nSPS) is 20.6. The van der Waals surface area contributed by atoms with E-state index in [0.717, 1.165) is 11.9 Å². The summed E-state index contributed by atoms with van der Waals surface area (Å²) in [6.07, 6.45) is 1.01. The average molecular weight is 279 g/mol. The van der Waals surface area contributed by atoms with Gasteiger partial charge in [-0.2, -0.15) is 0 Å². The van der Waals surface area contributed by atoms with Gasteiger partial charge >= 0.3 is 5.97 Å². The lowest BCUT2D eigenvalue weighted by Crippen LogP contribution is -1.99. The van der Waals surface area contributed by atoms with Gasteiger partial charge in [0.2, 0.25) is 0 Å². The zero-order valence-electron chi connectivity index (χ0n) is 11.2. The van der Waals surface area contributed by atoms with Crippen molar-refractivity contribution in [1.82, 2.24) is 15.0 Å². The molecular weight excluding hydrogens is 266 g/mol. The molecule has 0 spiro atoms. The van der Waals surface area contributed by atoms with Gasteiger partial charge in [0, 0.05) is 5.92 Å². The highest BCUT2D eigenvalue weighted by atomic mass is 16.4. The molecule has 1 aliphatic carbocycles. The van der Waals surface area contributed by atoms with Gasteiger partial charge in [-0.05, 0) is 24.1 Å². The Morgan fingerprint density at radius 2 is 1.95 bits per heavy atom. The third-order valence-electron chi connectivity index (χ3n) is 4.03. The highest BCUT2D eigenvalue weighted by molar-refractivity contribution is 6.00. The predicted molar refractivity (Wildman–Crippen MR) is 77.3 cm³/mol. The molecule has 4 rings (SSSR count). The summed E-state index contributed by atoms with van der Waals surface area (Å²) in [7, 11) is 0. The lowest BCUT2D eigenvalue weighted by atomic mass is 10.1. The monoisotopic (exact) mass is 279 g/mol. The maximum Gasteiger partial charge on any atom is 0.338 e. The fourth-order valence-electron chi connectivity index (χ4n) is 2.89. The number of benzene rings is 2. The van der Waals surface area contributed by atoms with E-state index in [-0.39, 0.29) is 11.6 Å². The molecule has 1 heterocycles. The number of nitrogens with zero attached hydrogens (tertiary/aromatic N) is 3. The number of aromatic nitrogens is 3. The molecule has 1 fully saturated rings. The van der Waals surface area contributed by atoms with Crippen LogP contribution in [0.25, 0.3) is 11.0 Å². The minimum Gasteiger partial charge on any atom is -0.478 e. The molecule has 1 aliphatic rings. The van der Waals surface area contributed by atoms with E-state index in [9.17, 15) is 9.90 Å². The molecule has 0 aliphatic heterocycles. The Hall–Kier alpha value is -2.69. The highest BCUT2D eigenvalue weighted by Gasteiger charge is 2.41. The Balaban J connectivity index is 1.73. The third kappa shape index (κ3) is 1.89. The second-order valence-electron chi connectivity index (χ2n) is 5.33. The summed E-state index contributed by atoms with van der Waals surface area (Å²) in [5.41, 5.74) is 2.75. The standard InChI is InChI=1S/C16H13N3O2/c20-16(21)11-7-4-8-13-15(11)17-18-19(13)14-9-12(14)10-5-2-1-3-6-10/h1-8,12,14H,9H2,(H,20,21). The van der Waals surface area contributed by atoms with Gasteiger partial charge in [-0.15, -0.1) is 5.10 Å². The first-order valence-electron chi connectivity index (χ1n) is 6.88. The number of hydrogen-bond acceptors (Lipinski definition) is 3. The second kappa shape index (κ2) is 4.41. The highest BCUT2D eigenvalue weighted by Crippen LogP contribution is 2.51. The fraction of sp³-hybridized carbons (Fsp3) is 0.188. The lowest BCUT2D eigenvalue weighted by Gasteiger charge is -2.02. The van der Waals surface area contributed by atoms with Crippen LogP contribution in [-0.4, -0.2) is 26.1 Å². The van der Waals surface area contributed by atoms with Gasteiger partial charge in [-0.25, -0.2) is 9.48 Å². The summed E-state index contributed by atoms with van der Waals surface area (Å²) in [4.78, 5) is 11.2. The van der Waals surface area contributed by atoms with Gasteiger partial charge in [0.25, 0.3) is 0 Å². The van der Waals surface area contributed by atoms with Crippen LogP contribution in [0.2, 0.25) is 0 Å². The van der Waals surface area contributed by atoms with Crippen LogP contribution >= 0.6 is 0 Å². The van der Waals surface area contributed by atoms with Crippen molar-refractivity contribution in [1.29, 1.82) is 0 Å². The van der Waals surface area contributed by atoms with Crippen molar-refractivity contribution in [3.63, 3.8) is 0 Å². The van der Waals surface area contributed by atoms with E-state index < -0.39 is 5.97 Å². The molecule has 5 heteroatoms. The van der Waals surface area contributed by atoms with Crippen molar-refractivity contribution < 1.29 is 9.90 Å². The van der Waals surface area contributed by atoms with Crippen LogP contribution in [0, 0.1) is 0 Å². The maximum atomic E-state index is 11.2. The third-order valence-corrected chi connectivity index (χ3v) is 4.03. The van der Waals surface area contributed by atoms with Crippen LogP contribution in [-0.2, 0) is 0 Å². The van der Waals surface area contributed by atoms with Gasteiger partial charge in [-0.1, -0.05) is 41.6 Å². The Morgan fingerprint density at radius 1 is 1.14 bits per heavy atom. The van der Waals surface area contributed by atoms with E-state index in [1.54, 1.807) is 12.1 Å². The van der Waals surface area contributed by atoms with Crippen molar-refractivity contribution in [2.45, 2.75) is 18.4 Å². The molecule has 0 bridgehead atoms. The Bertz CT molecular complexity index is 826. The van der Waals surface area contributed by atoms with E-state index in [1.165, 1.54) is 5.56 Å². The van der Waals surface area contributed by atoms with E-state index in [4.69, 9.17) is 0 Å². The predicted octanol–water partition coefficient (Wildman–Crippen LogP) is 2.86. The number of rotatable bonds is 3. The van der Waals surface area contributed by atoms with Crippen LogP contribution in [0.3, 0.4) is 0 Å². The second-order valence-corrected chi connectivity index (χ2v) is 5.33. The summed E-state index contributed by atoms with van der Waals surface area (Å²) in [6, 6.07) is 15.8. The molecule has 2 atom stereocenters. The van der Waals surface area contributed by atoms with Crippen molar-refractivity contribution >= 4 is 17.0 Å². The number of carboxylic acid groups (broad SMARTS) is 1. The molecule has 1 saturated carbocycles. The van der Waals surface area contributed by atoms with Crippen LogP contribution in [0.4, 0.5) is 0 Å².